The van der Waals surface area contributed by atoms with Gasteiger partial charge in [-0.3, -0.25) is 14.2 Å². The highest BCUT2D eigenvalue weighted by atomic mass is 19.4. The summed E-state index contributed by atoms with van der Waals surface area (Å²) >= 11 is 0. The van der Waals surface area contributed by atoms with Crippen molar-refractivity contribution in [3.05, 3.63) is 35.4 Å². The lowest BCUT2D eigenvalue weighted by molar-refractivity contribution is -0.141. The van der Waals surface area contributed by atoms with Crippen molar-refractivity contribution in [3.8, 4) is 0 Å². The second-order valence-corrected chi connectivity index (χ2v) is 5.73. The standard InChI is InChI=1S/C15H18F3N5O3/c1-9-6-12(15(16,17)18)21-22(9)5-3-4-19-13(24)10(2)23-8-11(7-20-23)14(25)26/h6-8,10H,3-5H2,1-2H3,(H,19,24)(H,25,26). The van der Waals surface area contributed by atoms with Crippen LogP contribution in [0.2, 0.25) is 0 Å². The Kier molecular flexibility index (Phi) is 5.68. The van der Waals surface area contributed by atoms with E-state index >= 15 is 0 Å². The molecule has 1 unspecified atom stereocenters. The Morgan fingerprint density at radius 3 is 2.62 bits per heavy atom. The van der Waals surface area contributed by atoms with Crippen molar-refractivity contribution in [3.63, 3.8) is 0 Å². The molecular formula is C15H18F3N5O3. The van der Waals surface area contributed by atoms with Gasteiger partial charge in [0, 0.05) is 25.0 Å². The molecule has 0 radical (unpaired) electrons. The number of carboxylic acids is 1. The van der Waals surface area contributed by atoms with Crippen molar-refractivity contribution >= 4 is 11.9 Å². The lowest BCUT2D eigenvalue weighted by Crippen LogP contribution is -2.32. The van der Waals surface area contributed by atoms with Gasteiger partial charge in [-0.05, 0) is 26.3 Å². The summed E-state index contributed by atoms with van der Waals surface area (Å²) < 4.78 is 40.3. The van der Waals surface area contributed by atoms with Crippen LogP contribution < -0.4 is 5.32 Å². The molecule has 2 aromatic heterocycles. The number of hydrogen-bond acceptors (Lipinski definition) is 4. The number of amides is 1. The number of aromatic nitrogens is 4. The molecule has 0 saturated heterocycles. The van der Waals surface area contributed by atoms with E-state index in [4.69, 9.17) is 5.11 Å². The number of aromatic carboxylic acids is 1. The van der Waals surface area contributed by atoms with E-state index in [1.165, 1.54) is 22.5 Å². The lowest BCUT2D eigenvalue weighted by Gasteiger charge is -2.12. The molecule has 0 aromatic carbocycles. The van der Waals surface area contributed by atoms with Gasteiger partial charge in [-0.25, -0.2) is 4.79 Å². The summed E-state index contributed by atoms with van der Waals surface area (Å²) in [6.07, 6.45) is -1.71. The molecule has 0 bridgehead atoms. The molecule has 8 nitrogen and oxygen atoms in total. The molecule has 0 aliphatic heterocycles. The van der Waals surface area contributed by atoms with Crippen molar-refractivity contribution < 1.29 is 27.9 Å². The number of hydrogen-bond donors (Lipinski definition) is 2. The Hall–Kier alpha value is -2.85. The van der Waals surface area contributed by atoms with E-state index in [1.54, 1.807) is 6.92 Å². The predicted octanol–water partition coefficient (Wildman–Crippen LogP) is 1.87. The van der Waals surface area contributed by atoms with Crippen molar-refractivity contribution in [2.24, 2.45) is 0 Å². The zero-order valence-electron chi connectivity index (χ0n) is 14.1. The summed E-state index contributed by atoms with van der Waals surface area (Å²) in [6, 6.07) is 0.254. The normalized spacial score (nSPS) is 12.8. The van der Waals surface area contributed by atoms with E-state index in [0.29, 0.717) is 12.1 Å². The van der Waals surface area contributed by atoms with Crippen LogP contribution in [0.25, 0.3) is 0 Å². The third-order valence-corrected chi connectivity index (χ3v) is 3.74. The smallest absolute Gasteiger partial charge is 0.435 e. The van der Waals surface area contributed by atoms with Gasteiger partial charge in [0.05, 0.1) is 11.8 Å². The van der Waals surface area contributed by atoms with E-state index < -0.39 is 23.9 Å². The number of carbonyl (C=O) groups is 2. The molecule has 2 rings (SSSR count). The first-order valence-corrected chi connectivity index (χ1v) is 7.76. The Labute approximate surface area is 146 Å². The van der Waals surface area contributed by atoms with Crippen LogP contribution in [-0.2, 0) is 17.5 Å². The van der Waals surface area contributed by atoms with Gasteiger partial charge in [0.15, 0.2) is 5.69 Å². The van der Waals surface area contributed by atoms with Crippen LogP contribution in [0.4, 0.5) is 13.2 Å². The van der Waals surface area contributed by atoms with E-state index in [9.17, 15) is 22.8 Å². The first-order chi connectivity index (χ1) is 12.1. The van der Waals surface area contributed by atoms with Crippen molar-refractivity contribution in [1.29, 1.82) is 0 Å². The van der Waals surface area contributed by atoms with Gasteiger partial charge in [-0.1, -0.05) is 0 Å². The molecular weight excluding hydrogens is 355 g/mol. The van der Waals surface area contributed by atoms with Crippen LogP contribution >= 0.6 is 0 Å². The summed E-state index contributed by atoms with van der Waals surface area (Å²) in [7, 11) is 0. The Bertz CT molecular complexity index is 797. The Morgan fingerprint density at radius 2 is 2.08 bits per heavy atom. The predicted molar refractivity (Wildman–Crippen MR) is 83.5 cm³/mol. The number of nitrogens with zero attached hydrogens (tertiary/aromatic N) is 4. The topological polar surface area (TPSA) is 102 Å². The fourth-order valence-electron chi connectivity index (χ4n) is 2.24. The molecule has 1 amide bonds. The quantitative estimate of drug-likeness (QED) is 0.722. The SMILES string of the molecule is Cc1cc(C(F)(F)F)nn1CCCNC(=O)C(C)n1cc(C(=O)O)cn1. The molecule has 0 aliphatic rings. The third kappa shape index (κ3) is 4.61. The van der Waals surface area contributed by atoms with Gasteiger partial charge < -0.3 is 10.4 Å². The van der Waals surface area contributed by atoms with Crippen LogP contribution in [0.15, 0.2) is 18.5 Å². The maximum atomic E-state index is 12.6. The highest BCUT2D eigenvalue weighted by Gasteiger charge is 2.34. The van der Waals surface area contributed by atoms with E-state index in [2.05, 4.69) is 15.5 Å². The average Bonchev–Trinajstić information content (AvgIpc) is 3.17. The minimum absolute atomic E-state index is 0.0284. The zero-order valence-corrected chi connectivity index (χ0v) is 14.1. The van der Waals surface area contributed by atoms with Crippen LogP contribution in [0.5, 0.6) is 0 Å². The molecule has 11 heteroatoms. The van der Waals surface area contributed by atoms with Crippen LogP contribution in [0.3, 0.4) is 0 Å². The molecule has 26 heavy (non-hydrogen) atoms. The number of carboxylic acid groups (broad SMARTS) is 1. The molecule has 2 N–H and O–H groups in total. The maximum Gasteiger partial charge on any atom is 0.435 e. The molecule has 142 valence electrons. The Balaban J connectivity index is 1.83. The van der Waals surface area contributed by atoms with Crippen molar-refractivity contribution in [2.75, 3.05) is 6.54 Å². The second kappa shape index (κ2) is 7.58. The molecule has 2 heterocycles. The summed E-state index contributed by atoms with van der Waals surface area (Å²) in [5, 5.41) is 18.8. The highest BCUT2D eigenvalue weighted by Crippen LogP contribution is 2.28. The zero-order chi connectivity index (χ0) is 19.5. The highest BCUT2D eigenvalue weighted by molar-refractivity contribution is 5.87. The maximum absolute atomic E-state index is 12.6. The van der Waals surface area contributed by atoms with Gasteiger partial charge >= 0.3 is 12.1 Å². The van der Waals surface area contributed by atoms with E-state index in [0.717, 1.165) is 12.3 Å². The Morgan fingerprint density at radius 1 is 1.38 bits per heavy atom. The molecule has 0 spiro atoms. The third-order valence-electron chi connectivity index (χ3n) is 3.74. The van der Waals surface area contributed by atoms with Crippen LogP contribution in [-0.4, -0.2) is 43.1 Å². The van der Waals surface area contributed by atoms with Gasteiger partial charge in [0.2, 0.25) is 5.91 Å². The molecule has 0 saturated carbocycles. The lowest BCUT2D eigenvalue weighted by atomic mass is 10.3. The summed E-state index contributed by atoms with van der Waals surface area (Å²) in [6.45, 7) is 3.54. The summed E-state index contributed by atoms with van der Waals surface area (Å²) in [5.74, 6) is -1.52. The molecule has 2 aromatic rings. The van der Waals surface area contributed by atoms with Crippen molar-refractivity contribution in [1.82, 2.24) is 24.9 Å². The number of alkyl halides is 3. The summed E-state index contributed by atoms with van der Waals surface area (Å²) in [5.41, 5.74) is -0.588. The second-order valence-electron chi connectivity index (χ2n) is 5.73. The van der Waals surface area contributed by atoms with Crippen LogP contribution in [0.1, 0.15) is 41.1 Å². The first-order valence-electron chi connectivity index (χ1n) is 7.76. The fraction of sp³-hybridized carbons (Fsp3) is 0.467. The average molecular weight is 373 g/mol. The van der Waals surface area contributed by atoms with Crippen molar-refractivity contribution in [2.45, 2.75) is 39.0 Å². The van der Waals surface area contributed by atoms with Gasteiger partial charge in [0.1, 0.15) is 6.04 Å². The van der Waals surface area contributed by atoms with E-state index in [-0.39, 0.29) is 24.6 Å². The first kappa shape index (κ1) is 19.5. The van der Waals surface area contributed by atoms with Gasteiger partial charge in [-0.2, -0.15) is 23.4 Å². The van der Waals surface area contributed by atoms with Gasteiger partial charge in [0.25, 0.3) is 0 Å². The number of aryl methyl sites for hydroxylation is 2. The number of nitrogens with one attached hydrogen (secondary N) is 1. The monoisotopic (exact) mass is 373 g/mol. The van der Waals surface area contributed by atoms with Gasteiger partial charge in [-0.15, -0.1) is 0 Å². The van der Waals surface area contributed by atoms with E-state index in [1.807, 2.05) is 0 Å². The molecule has 1 atom stereocenters. The summed E-state index contributed by atoms with van der Waals surface area (Å²) in [4.78, 5) is 22.9. The minimum atomic E-state index is -4.49. The largest absolute Gasteiger partial charge is 0.478 e. The molecule has 0 aliphatic carbocycles. The fourth-order valence-corrected chi connectivity index (χ4v) is 2.24. The number of carbonyl (C=O) groups excluding carboxylic acids is 1. The minimum Gasteiger partial charge on any atom is -0.478 e. The molecule has 0 fully saturated rings. The number of halogens is 3. The van der Waals surface area contributed by atoms with Crippen LogP contribution in [0, 0.1) is 6.92 Å². The number of rotatable bonds is 7.